The molecule has 6 nitrogen and oxygen atoms in total. The van der Waals surface area contributed by atoms with Gasteiger partial charge in [-0.3, -0.25) is 9.59 Å². The van der Waals surface area contributed by atoms with Crippen LogP contribution in [-0.4, -0.2) is 29.3 Å². The summed E-state index contributed by atoms with van der Waals surface area (Å²) in [6.07, 6.45) is 0. The van der Waals surface area contributed by atoms with Crippen LogP contribution in [0.15, 0.2) is 54.6 Å². The summed E-state index contributed by atoms with van der Waals surface area (Å²) in [4.78, 5) is 38.1. The summed E-state index contributed by atoms with van der Waals surface area (Å²) in [7, 11) is 0. The number of benzene rings is 2. The molecule has 0 unspecified atom stereocenters. The predicted octanol–water partition coefficient (Wildman–Crippen LogP) is 3.17. The summed E-state index contributed by atoms with van der Waals surface area (Å²) in [6, 6.07) is 15.5. The molecular formula is C19H16N2O4. The van der Waals surface area contributed by atoms with Gasteiger partial charge >= 0.3 is 5.97 Å². The lowest BCUT2D eigenvalue weighted by Gasteiger charge is -2.05. The molecule has 3 aromatic rings. The van der Waals surface area contributed by atoms with E-state index in [-0.39, 0.29) is 18.3 Å². The summed E-state index contributed by atoms with van der Waals surface area (Å²) in [6.45, 7) is 1.05. The molecule has 0 aliphatic rings. The molecule has 1 heterocycles. The number of hydrogen-bond donors (Lipinski definition) is 2. The number of amides is 1. The Morgan fingerprint density at radius 3 is 2.44 bits per heavy atom. The van der Waals surface area contributed by atoms with Crippen LogP contribution in [0.3, 0.4) is 0 Å². The van der Waals surface area contributed by atoms with Crippen molar-refractivity contribution < 1.29 is 19.1 Å². The maximum atomic E-state index is 12.1. The second-order valence-corrected chi connectivity index (χ2v) is 5.53. The van der Waals surface area contributed by atoms with Crippen LogP contribution in [-0.2, 0) is 9.53 Å². The zero-order chi connectivity index (χ0) is 17.8. The smallest absolute Gasteiger partial charge is 0.355 e. The van der Waals surface area contributed by atoms with E-state index < -0.39 is 5.97 Å². The molecule has 126 valence electrons. The monoisotopic (exact) mass is 336 g/mol. The predicted molar refractivity (Wildman–Crippen MR) is 93.7 cm³/mol. The van der Waals surface area contributed by atoms with Gasteiger partial charge in [0.1, 0.15) is 5.69 Å². The highest BCUT2D eigenvalue weighted by Crippen LogP contribution is 2.15. The summed E-state index contributed by atoms with van der Waals surface area (Å²) in [5.41, 5.74) is 2.13. The molecule has 0 saturated heterocycles. The molecule has 0 atom stereocenters. The van der Waals surface area contributed by atoms with Crippen LogP contribution in [0.4, 0.5) is 5.69 Å². The van der Waals surface area contributed by atoms with Crippen LogP contribution >= 0.6 is 0 Å². The Bertz CT molecular complexity index is 908. The van der Waals surface area contributed by atoms with Crippen LogP contribution in [0.5, 0.6) is 0 Å². The van der Waals surface area contributed by atoms with E-state index in [1.807, 2.05) is 24.3 Å². The van der Waals surface area contributed by atoms with E-state index in [4.69, 9.17) is 4.74 Å². The fraction of sp³-hybridized carbons (Fsp3) is 0.105. The van der Waals surface area contributed by atoms with E-state index in [1.165, 1.54) is 6.92 Å². The van der Waals surface area contributed by atoms with Gasteiger partial charge < -0.3 is 15.0 Å². The molecule has 25 heavy (non-hydrogen) atoms. The molecular weight excluding hydrogens is 320 g/mol. The lowest BCUT2D eigenvalue weighted by Crippen LogP contribution is -2.14. The van der Waals surface area contributed by atoms with Crippen LogP contribution in [0.25, 0.3) is 10.9 Å². The van der Waals surface area contributed by atoms with Gasteiger partial charge in [-0.05, 0) is 36.4 Å². The van der Waals surface area contributed by atoms with Crippen molar-refractivity contribution in [3.05, 3.63) is 65.9 Å². The maximum absolute atomic E-state index is 12.1. The SMILES string of the molecule is CC(=O)Nc1ccc(C(=O)COC(=O)c2cc3ccccc3[nH]2)cc1. The minimum absolute atomic E-state index is 0.189. The minimum atomic E-state index is -0.584. The number of rotatable bonds is 5. The number of ether oxygens (including phenoxy) is 1. The fourth-order valence-corrected chi connectivity index (χ4v) is 2.42. The van der Waals surface area contributed by atoms with Crippen LogP contribution in [0.1, 0.15) is 27.8 Å². The van der Waals surface area contributed by atoms with Gasteiger partial charge in [-0.2, -0.15) is 0 Å². The van der Waals surface area contributed by atoms with Gasteiger partial charge in [0.25, 0.3) is 0 Å². The van der Waals surface area contributed by atoms with Crippen molar-refractivity contribution in [3.8, 4) is 0 Å². The second-order valence-electron chi connectivity index (χ2n) is 5.53. The standard InChI is InChI=1S/C19H16N2O4/c1-12(22)20-15-8-6-13(7-9-15)18(23)11-25-19(24)17-10-14-4-2-3-5-16(14)21-17/h2-10,21H,11H2,1H3,(H,20,22). The Balaban J connectivity index is 1.61. The molecule has 0 aliphatic carbocycles. The molecule has 3 rings (SSSR count). The van der Waals surface area contributed by atoms with Crippen molar-refractivity contribution in [1.29, 1.82) is 0 Å². The van der Waals surface area contributed by atoms with Crippen molar-refractivity contribution in [3.63, 3.8) is 0 Å². The Kier molecular flexibility index (Phi) is 4.61. The molecule has 0 bridgehead atoms. The molecule has 0 aliphatic heterocycles. The number of carbonyl (C=O) groups is 3. The third kappa shape index (κ3) is 3.92. The molecule has 0 spiro atoms. The Morgan fingerprint density at radius 2 is 1.76 bits per heavy atom. The molecule has 6 heteroatoms. The lowest BCUT2D eigenvalue weighted by molar-refractivity contribution is -0.114. The number of para-hydroxylation sites is 1. The summed E-state index contributed by atoms with van der Waals surface area (Å²) in [5, 5.41) is 3.51. The van der Waals surface area contributed by atoms with Crippen LogP contribution in [0.2, 0.25) is 0 Å². The summed E-state index contributed by atoms with van der Waals surface area (Å²) >= 11 is 0. The van der Waals surface area contributed by atoms with Gasteiger partial charge in [-0.1, -0.05) is 18.2 Å². The minimum Gasteiger partial charge on any atom is -0.453 e. The molecule has 1 amide bonds. The van der Waals surface area contributed by atoms with Gasteiger partial charge in [-0.15, -0.1) is 0 Å². The highest BCUT2D eigenvalue weighted by Gasteiger charge is 2.14. The zero-order valence-electron chi connectivity index (χ0n) is 13.5. The summed E-state index contributed by atoms with van der Waals surface area (Å²) < 4.78 is 5.08. The number of Topliss-reactive ketones (excluding diaryl/α,β-unsaturated/α-hetero) is 1. The van der Waals surface area contributed by atoms with Crippen molar-refractivity contribution in [1.82, 2.24) is 4.98 Å². The molecule has 0 radical (unpaired) electrons. The fourth-order valence-electron chi connectivity index (χ4n) is 2.42. The average molecular weight is 336 g/mol. The third-order valence-electron chi connectivity index (χ3n) is 3.61. The van der Waals surface area contributed by atoms with E-state index in [9.17, 15) is 14.4 Å². The number of fused-ring (bicyclic) bond motifs is 1. The molecule has 0 fully saturated rings. The first-order valence-corrected chi connectivity index (χ1v) is 7.68. The van der Waals surface area contributed by atoms with Crippen molar-refractivity contribution >= 4 is 34.3 Å². The zero-order valence-corrected chi connectivity index (χ0v) is 13.5. The molecule has 1 aromatic heterocycles. The number of nitrogens with one attached hydrogen (secondary N) is 2. The number of hydrogen-bond acceptors (Lipinski definition) is 4. The first-order valence-electron chi connectivity index (χ1n) is 7.68. The van der Waals surface area contributed by atoms with Crippen molar-refractivity contribution in [2.75, 3.05) is 11.9 Å². The number of esters is 1. The second kappa shape index (κ2) is 7.00. The number of anilines is 1. The quantitative estimate of drug-likeness (QED) is 0.553. The highest BCUT2D eigenvalue weighted by molar-refractivity contribution is 6.00. The van der Waals surface area contributed by atoms with E-state index in [0.29, 0.717) is 16.9 Å². The van der Waals surface area contributed by atoms with E-state index in [1.54, 1.807) is 30.3 Å². The van der Waals surface area contributed by atoms with Gasteiger partial charge in [0, 0.05) is 29.1 Å². The van der Waals surface area contributed by atoms with E-state index in [0.717, 1.165) is 10.9 Å². The van der Waals surface area contributed by atoms with Gasteiger partial charge in [0.2, 0.25) is 5.91 Å². The highest BCUT2D eigenvalue weighted by atomic mass is 16.5. The number of aromatic amines is 1. The Morgan fingerprint density at radius 1 is 1.04 bits per heavy atom. The van der Waals surface area contributed by atoms with Gasteiger partial charge in [0.05, 0.1) is 0 Å². The molecule has 0 saturated carbocycles. The number of ketones is 1. The van der Waals surface area contributed by atoms with Crippen molar-refractivity contribution in [2.45, 2.75) is 6.92 Å². The normalized spacial score (nSPS) is 10.4. The van der Waals surface area contributed by atoms with Gasteiger partial charge in [-0.25, -0.2) is 4.79 Å². The number of carbonyl (C=O) groups excluding carboxylic acids is 3. The Hall–Kier alpha value is -3.41. The summed E-state index contributed by atoms with van der Waals surface area (Å²) in [5.74, 6) is -1.09. The number of H-pyrrole nitrogens is 1. The van der Waals surface area contributed by atoms with Gasteiger partial charge in [0.15, 0.2) is 12.4 Å². The third-order valence-corrected chi connectivity index (χ3v) is 3.61. The lowest BCUT2D eigenvalue weighted by atomic mass is 10.1. The largest absolute Gasteiger partial charge is 0.453 e. The molecule has 2 aromatic carbocycles. The first-order chi connectivity index (χ1) is 12.0. The maximum Gasteiger partial charge on any atom is 0.355 e. The Labute approximate surface area is 143 Å². The van der Waals surface area contributed by atoms with E-state index >= 15 is 0 Å². The number of aromatic nitrogens is 1. The van der Waals surface area contributed by atoms with Crippen LogP contribution in [0, 0.1) is 0 Å². The molecule has 2 N–H and O–H groups in total. The topological polar surface area (TPSA) is 88.3 Å². The first kappa shape index (κ1) is 16.4. The average Bonchev–Trinajstić information content (AvgIpc) is 3.03. The van der Waals surface area contributed by atoms with Crippen LogP contribution < -0.4 is 5.32 Å². The van der Waals surface area contributed by atoms with Crippen molar-refractivity contribution in [2.24, 2.45) is 0 Å². The van der Waals surface area contributed by atoms with E-state index in [2.05, 4.69) is 10.3 Å².